The quantitative estimate of drug-likeness (QED) is 0.313. The molecule has 4 nitrogen and oxygen atoms in total. The summed E-state index contributed by atoms with van der Waals surface area (Å²) < 4.78 is 0. The molecule has 0 spiro atoms. The van der Waals surface area contributed by atoms with E-state index in [0.29, 0.717) is 0 Å². The normalized spacial score (nSPS) is 11.4. The summed E-state index contributed by atoms with van der Waals surface area (Å²) in [4.78, 5) is 19.8. The van der Waals surface area contributed by atoms with Crippen molar-refractivity contribution in [1.29, 1.82) is 0 Å². The molecule has 0 saturated heterocycles. The molecule has 54 valence electrons. The molecule has 0 saturated carbocycles. The van der Waals surface area contributed by atoms with Crippen molar-refractivity contribution in [3.8, 4) is 0 Å². The van der Waals surface area contributed by atoms with Gasteiger partial charge in [0.25, 0.3) is 6.04 Å². The number of Topliss-reactive ketones (excluding diaryl/α,β-unsaturated/α-hetero) is 1. The second kappa shape index (κ2) is 5.45. The van der Waals surface area contributed by atoms with E-state index in [0.717, 1.165) is 0 Å². The van der Waals surface area contributed by atoms with Gasteiger partial charge in [0, 0.05) is 18.3 Å². The molecule has 0 aromatic rings. The van der Waals surface area contributed by atoms with Crippen LogP contribution in [-0.2, 0) is 4.79 Å². The van der Waals surface area contributed by atoms with Crippen LogP contribution in [0.2, 0.25) is 0 Å². The van der Waals surface area contributed by atoms with E-state index in [-0.39, 0.29) is 31.1 Å². The topological polar surface area (TPSA) is 60.2 Å². The van der Waals surface area contributed by atoms with E-state index in [2.05, 4.69) is 0 Å². The predicted octanol–water partition coefficient (Wildman–Crippen LogP) is -0.0178. The van der Waals surface area contributed by atoms with Gasteiger partial charge in [0.1, 0.15) is 0 Å². The van der Waals surface area contributed by atoms with Crippen molar-refractivity contribution in [1.82, 2.24) is 0 Å². The summed E-state index contributed by atoms with van der Waals surface area (Å²) in [5, 5.41) is 9.88. The Balaban J connectivity index is 0. The van der Waals surface area contributed by atoms with Crippen molar-refractivity contribution in [2.24, 2.45) is 0 Å². The van der Waals surface area contributed by atoms with Crippen LogP contribution < -0.4 is 0 Å². The van der Waals surface area contributed by atoms with Gasteiger partial charge in [-0.3, -0.25) is 14.9 Å². The molecule has 0 amide bonds. The fraction of sp³-hybridized carbons (Fsp3) is 0.800. The first-order chi connectivity index (χ1) is 4.09. The number of ketones is 1. The van der Waals surface area contributed by atoms with Gasteiger partial charge in [-0.25, -0.2) is 0 Å². The molecule has 1 atom stereocenters. The Hall–Kier alpha value is -0.333. The summed E-state index contributed by atoms with van der Waals surface area (Å²) in [6, 6.07) is -1.03. The summed E-state index contributed by atoms with van der Waals surface area (Å²) in [5.74, 6) is -0.319. The van der Waals surface area contributed by atoms with Crippen molar-refractivity contribution >= 4 is 24.6 Å². The zero-order valence-electron chi connectivity index (χ0n) is 5.46. The van der Waals surface area contributed by atoms with Crippen molar-refractivity contribution in [3.63, 3.8) is 0 Å². The van der Waals surface area contributed by atoms with E-state index in [1.807, 2.05) is 0 Å². The van der Waals surface area contributed by atoms with Crippen molar-refractivity contribution < 1.29 is 9.72 Å². The zero-order valence-corrected chi connectivity index (χ0v) is 5.46. The Morgan fingerprint density at radius 1 is 1.70 bits per heavy atom. The van der Waals surface area contributed by atoms with Crippen LogP contribution in [0.4, 0.5) is 0 Å². The molecule has 1 unspecified atom stereocenters. The third-order valence-corrected chi connectivity index (χ3v) is 1.13. The number of rotatable bonds is 3. The van der Waals surface area contributed by atoms with Gasteiger partial charge in [-0.15, -0.1) is 0 Å². The predicted molar refractivity (Wildman–Crippen MR) is 38.9 cm³/mol. The number of nitro groups is 1. The first-order valence-corrected chi connectivity index (χ1v) is 2.75. The fourth-order valence-corrected chi connectivity index (χ4v) is 0.413. The SMILES string of the molecule is CCC(=O)C(C)[N+](=O)[O-].[LiH]. The average molecular weight is 139 g/mol. The molecular formula is C5H10LiNO3. The van der Waals surface area contributed by atoms with E-state index >= 15 is 0 Å². The van der Waals surface area contributed by atoms with E-state index in [4.69, 9.17) is 0 Å². The molecule has 10 heavy (non-hydrogen) atoms. The van der Waals surface area contributed by atoms with Crippen molar-refractivity contribution in [2.75, 3.05) is 0 Å². The molecule has 0 aliphatic carbocycles. The number of hydrogen-bond donors (Lipinski definition) is 0. The van der Waals surface area contributed by atoms with Gasteiger partial charge >= 0.3 is 18.9 Å². The molecule has 0 bridgehead atoms. The molecular weight excluding hydrogens is 129 g/mol. The van der Waals surface area contributed by atoms with Gasteiger partial charge in [0.2, 0.25) is 5.78 Å². The summed E-state index contributed by atoms with van der Waals surface area (Å²) in [7, 11) is 0. The third kappa shape index (κ3) is 3.65. The van der Waals surface area contributed by atoms with Crippen LogP contribution in [0.15, 0.2) is 0 Å². The summed E-state index contributed by atoms with van der Waals surface area (Å²) in [6.45, 7) is 2.91. The van der Waals surface area contributed by atoms with E-state index in [9.17, 15) is 14.9 Å². The average Bonchev–Trinajstić information content (AvgIpc) is 1.84. The first-order valence-electron chi connectivity index (χ1n) is 2.75. The Morgan fingerprint density at radius 3 is 2.20 bits per heavy atom. The molecule has 0 heterocycles. The van der Waals surface area contributed by atoms with Crippen LogP contribution in [0, 0.1) is 10.1 Å². The van der Waals surface area contributed by atoms with Crippen molar-refractivity contribution in [2.45, 2.75) is 26.3 Å². The van der Waals surface area contributed by atoms with E-state index < -0.39 is 11.0 Å². The Kier molecular flexibility index (Phi) is 6.74. The standard InChI is InChI=1S/C5H9NO3.Li.H/c1-3-5(7)4(2)6(8)9;;/h4H,3H2,1-2H3;;. The van der Waals surface area contributed by atoms with Gasteiger partial charge < -0.3 is 0 Å². The fourth-order valence-electron chi connectivity index (χ4n) is 0.413. The zero-order chi connectivity index (χ0) is 7.44. The molecule has 0 N–H and O–H groups in total. The van der Waals surface area contributed by atoms with Gasteiger partial charge in [-0.1, -0.05) is 6.92 Å². The second-order valence-electron chi connectivity index (χ2n) is 1.78. The van der Waals surface area contributed by atoms with Gasteiger partial charge in [0.05, 0.1) is 0 Å². The minimum absolute atomic E-state index is 0. The van der Waals surface area contributed by atoms with Gasteiger partial charge in [-0.2, -0.15) is 0 Å². The molecule has 0 aliphatic rings. The minimum atomic E-state index is -1.03. The van der Waals surface area contributed by atoms with Crippen LogP contribution in [0.5, 0.6) is 0 Å². The second-order valence-corrected chi connectivity index (χ2v) is 1.78. The molecule has 5 heteroatoms. The summed E-state index contributed by atoms with van der Waals surface area (Å²) >= 11 is 0. The number of hydrogen-bond acceptors (Lipinski definition) is 3. The first kappa shape index (κ1) is 12.4. The van der Waals surface area contributed by atoms with Crippen LogP contribution in [0.1, 0.15) is 20.3 Å². The Labute approximate surface area is 71.3 Å². The maximum absolute atomic E-state index is 10.5. The molecule has 0 fully saturated rings. The number of nitrogens with zero attached hydrogens (tertiary/aromatic N) is 1. The van der Waals surface area contributed by atoms with E-state index in [1.54, 1.807) is 6.92 Å². The molecule has 0 radical (unpaired) electrons. The number of carbonyl (C=O) groups excluding carboxylic acids is 1. The van der Waals surface area contributed by atoms with Gasteiger partial charge in [-0.05, 0) is 0 Å². The monoisotopic (exact) mass is 139 g/mol. The van der Waals surface area contributed by atoms with E-state index in [1.165, 1.54) is 6.92 Å². The van der Waals surface area contributed by atoms with Crippen LogP contribution in [-0.4, -0.2) is 35.6 Å². The molecule has 0 aromatic heterocycles. The van der Waals surface area contributed by atoms with Crippen LogP contribution in [0.3, 0.4) is 0 Å². The maximum atomic E-state index is 10.5. The Bertz CT molecular complexity index is 137. The number of carbonyl (C=O) groups is 1. The Morgan fingerprint density at radius 2 is 2.10 bits per heavy atom. The van der Waals surface area contributed by atoms with Crippen molar-refractivity contribution in [3.05, 3.63) is 10.1 Å². The van der Waals surface area contributed by atoms with Gasteiger partial charge in [0.15, 0.2) is 0 Å². The summed E-state index contributed by atoms with van der Waals surface area (Å²) in [6.07, 6.45) is 0.238. The molecule has 0 aliphatic heterocycles. The van der Waals surface area contributed by atoms with Crippen LogP contribution >= 0.6 is 0 Å². The van der Waals surface area contributed by atoms with Crippen LogP contribution in [0.25, 0.3) is 0 Å². The molecule has 0 rings (SSSR count). The molecule has 0 aromatic carbocycles. The third-order valence-electron chi connectivity index (χ3n) is 1.13. The summed E-state index contributed by atoms with van der Waals surface area (Å²) in [5.41, 5.74) is 0.